The van der Waals surface area contributed by atoms with Crippen LogP contribution in [0.2, 0.25) is 0 Å². The number of piperazine rings is 1. The maximum absolute atomic E-state index is 13.3. The zero-order valence-electron chi connectivity index (χ0n) is 35.4. The highest BCUT2D eigenvalue weighted by molar-refractivity contribution is 5.96. The van der Waals surface area contributed by atoms with Gasteiger partial charge in [-0.05, 0) is 74.8 Å². The third kappa shape index (κ3) is 9.38. The number of hydrogen-bond acceptors (Lipinski definition) is 16. The van der Waals surface area contributed by atoms with Gasteiger partial charge in [0.1, 0.15) is 30.7 Å². The number of carbonyl (C=O) groups is 2. The van der Waals surface area contributed by atoms with Crippen LogP contribution < -0.4 is 31.3 Å². The van der Waals surface area contributed by atoms with E-state index in [9.17, 15) is 30.0 Å². The molecule has 5 atom stereocenters. The number of anilines is 4. The smallest absolute Gasteiger partial charge is 0.271 e. The van der Waals surface area contributed by atoms with Crippen LogP contribution in [0.25, 0.3) is 6.08 Å². The first kappa shape index (κ1) is 43.7. The number of nitrogens with two attached hydrogens (primary N) is 1. The van der Waals surface area contributed by atoms with E-state index in [-0.39, 0.29) is 23.5 Å². The summed E-state index contributed by atoms with van der Waals surface area (Å²) in [5, 5.41) is 51.9. The molecule has 0 spiro atoms. The predicted octanol–water partition coefficient (Wildman–Crippen LogP) is 1.99. The number of rotatable bonds is 12. The first-order valence-electron chi connectivity index (χ1n) is 21.9. The van der Waals surface area contributed by atoms with Crippen LogP contribution in [0.15, 0.2) is 42.5 Å². The summed E-state index contributed by atoms with van der Waals surface area (Å²) < 4.78 is 11.4. The largest absolute Gasteiger partial charge is 0.495 e. The molecular weight excluding hydrogens is 797 g/mol. The highest BCUT2D eigenvalue weighted by Crippen LogP contribution is 2.43. The van der Waals surface area contributed by atoms with Crippen molar-refractivity contribution in [2.24, 2.45) is 5.73 Å². The summed E-state index contributed by atoms with van der Waals surface area (Å²) in [5.74, 6) is 0.871. The third-order valence-electron chi connectivity index (χ3n) is 13.0. The van der Waals surface area contributed by atoms with Crippen molar-refractivity contribution in [1.82, 2.24) is 30.0 Å². The van der Waals surface area contributed by atoms with Crippen LogP contribution in [-0.2, 0) is 16.0 Å². The van der Waals surface area contributed by atoms with Gasteiger partial charge < -0.3 is 56.1 Å². The van der Waals surface area contributed by atoms with Crippen molar-refractivity contribution in [3.05, 3.63) is 70.6 Å². The molecule has 2 amide bonds. The lowest BCUT2D eigenvalue weighted by Crippen LogP contribution is -2.57. The van der Waals surface area contributed by atoms with E-state index >= 15 is 0 Å². The van der Waals surface area contributed by atoms with E-state index in [0.717, 1.165) is 63.1 Å². The van der Waals surface area contributed by atoms with E-state index in [1.165, 1.54) is 4.90 Å². The first-order chi connectivity index (χ1) is 30.0. The number of primary amides is 1. The summed E-state index contributed by atoms with van der Waals surface area (Å²) in [6.07, 6.45) is 4.13. The topological polar surface area (TPSA) is 234 Å². The summed E-state index contributed by atoms with van der Waals surface area (Å²) in [5.41, 5.74) is 9.99. The quantitative estimate of drug-likeness (QED) is 0.122. The number of piperidine rings is 2. The molecule has 5 unspecified atom stereocenters. The second-order valence-electron chi connectivity index (χ2n) is 16.7. The fourth-order valence-electron chi connectivity index (χ4n) is 9.50. The van der Waals surface area contributed by atoms with Crippen molar-refractivity contribution >= 4 is 40.9 Å². The Morgan fingerprint density at radius 2 is 1.65 bits per heavy atom. The third-order valence-corrected chi connectivity index (χ3v) is 13.0. The van der Waals surface area contributed by atoms with Crippen molar-refractivity contribution in [3.8, 4) is 5.75 Å². The molecule has 6 heterocycles. The number of nitrogens with zero attached hydrogens (tertiary/aromatic N) is 6. The van der Waals surface area contributed by atoms with E-state index in [1.807, 2.05) is 30.0 Å². The zero-order chi connectivity index (χ0) is 43.5. The number of nitrogens with one attached hydrogen (secondary N) is 3. The highest BCUT2D eigenvalue weighted by atomic mass is 16.5. The van der Waals surface area contributed by atoms with E-state index in [4.69, 9.17) is 20.2 Å². The molecule has 8 rings (SSSR count). The minimum atomic E-state index is -1.14. The lowest BCUT2D eigenvalue weighted by atomic mass is 10.0. The van der Waals surface area contributed by atoms with Gasteiger partial charge in [-0.2, -0.15) is 0 Å². The van der Waals surface area contributed by atoms with E-state index < -0.39 is 36.9 Å². The maximum Gasteiger partial charge on any atom is 0.271 e. The first-order valence-corrected chi connectivity index (χ1v) is 21.9. The Morgan fingerprint density at radius 3 is 2.34 bits per heavy atom. The van der Waals surface area contributed by atoms with Gasteiger partial charge in [0.05, 0.1) is 24.5 Å². The number of aliphatic hydroxyl groups excluding tert-OH is 4. The molecule has 18 nitrogen and oxygen atoms in total. The number of hydrogen-bond donors (Lipinski definition) is 8. The second-order valence-corrected chi connectivity index (χ2v) is 16.7. The molecule has 5 aliphatic rings. The van der Waals surface area contributed by atoms with Gasteiger partial charge in [0.15, 0.2) is 17.3 Å². The molecule has 334 valence electrons. The number of ether oxygens (including phenoxy) is 2. The molecule has 0 radical (unpaired) electrons. The molecule has 5 aliphatic heterocycles. The number of fused-ring (bicyclic) bond motifs is 1. The molecule has 1 aromatic heterocycles. The molecule has 0 saturated carbocycles. The number of methoxy groups -OCH3 is 1. The average Bonchev–Trinajstić information content (AvgIpc) is 3.53. The predicted molar refractivity (Wildman–Crippen MR) is 232 cm³/mol. The number of aliphatic hydroxyl groups is 4. The summed E-state index contributed by atoms with van der Waals surface area (Å²) in [4.78, 5) is 43.3. The van der Waals surface area contributed by atoms with Gasteiger partial charge in [0.2, 0.25) is 5.91 Å². The monoisotopic (exact) mass is 856 g/mol. The van der Waals surface area contributed by atoms with Crippen LogP contribution in [0.1, 0.15) is 90.8 Å². The molecule has 2 aromatic carbocycles. The normalized spacial score (nSPS) is 25.5. The lowest BCUT2D eigenvalue weighted by Gasteiger charge is -2.43. The Bertz CT molecular complexity index is 2100. The van der Waals surface area contributed by atoms with Crippen molar-refractivity contribution in [2.75, 3.05) is 75.1 Å². The molecule has 4 fully saturated rings. The van der Waals surface area contributed by atoms with E-state index in [1.54, 1.807) is 37.5 Å². The molecule has 0 bridgehead atoms. The van der Waals surface area contributed by atoms with Crippen molar-refractivity contribution in [2.45, 2.75) is 94.9 Å². The Morgan fingerprint density at radius 1 is 0.903 bits per heavy atom. The van der Waals surface area contributed by atoms with Gasteiger partial charge in [-0.15, -0.1) is 0 Å². The van der Waals surface area contributed by atoms with Gasteiger partial charge in [-0.3, -0.25) is 19.8 Å². The van der Waals surface area contributed by atoms with Crippen LogP contribution in [0, 0.1) is 0 Å². The molecule has 62 heavy (non-hydrogen) atoms. The maximum atomic E-state index is 13.3. The number of aromatic nitrogens is 2. The van der Waals surface area contributed by atoms with E-state index in [2.05, 4.69) is 30.7 Å². The standard InChI is InChI=1S/C44H60N10O8/c1-3-32-40(46-27-14-22-62-23-15-27)50-41(38(48-32)39(45)57)47-28-6-8-33(35(25-28)61-2)52-16-12-29(13-17-52)51-18-20-53(21-19-51)37(56)11-5-26-4-7-30-31(24-26)44(60)54(43(30)59)34-9-10-36(55)49-42(34)58/h4-8,11,24-25,27,29,34,36,42-44,49,55,58-60H,3,9-10,12-23H2,1-2H3,(H2,45,57)(H2,46,47,50)/b11-5+. The molecule has 0 aliphatic carbocycles. The van der Waals surface area contributed by atoms with E-state index in [0.29, 0.717) is 85.7 Å². The van der Waals surface area contributed by atoms with Crippen LogP contribution >= 0.6 is 0 Å². The second kappa shape index (κ2) is 19.2. The summed E-state index contributed by atoms with van der Waals surface area (Å²) in [7, 11) is 1.65. The number of amides is 2. The highest BCUT2D eigenvalue weighted by Gasteiger charge is 2.44. The summed E-state index contributed by atoms with van der Waals surface area (Å²) >= 11 is 0. The van der Waals surface area contributed by atoms with Crippen molar-refractivity contribution < 1.29 is 39.5 Å². The fourth-order valence-corrected chi connectivity index (χ4v) is 9.50. The van der Waals surface area contributed by atoms with Crippen LogP contribution in [-0.4, -0.2) is 147 Å². The van der Waals surface area contributed by atoms with Gasteiger partial charge >= 0.3 is 0 Å². The lowest BCUT2D eigenvalue weighted by molar-refractivity contribution is -0.159. The zero-order valence-corrected chi connectivity index (χ0v) is 35.4. The van der Waals surface area contributed by atoms with Crippen LogP contribution in [0.4, 0.5) is 23.0 Å². The molecule has 4 saturated heterocycles. The molecule has 18 heteroatoms. The van der Waals surface area contributed by atoms with Gasteiger partial charge in [-0.1, -0.05) is 19.1 Å². The van der Waals surface area contributed by atoms with Crippen molar-refractivity contribution in [3.63, 3.8) is 0 Å². The van der Waals surface area contributed by atoms with Gasteiger partial charge in [-0.25, -0.2) is 14.9 Å². The number of carbonyl (C=O) groups excluding carboxylic acids is 2. The van der Waals surface area contributed by atoms with Gasteiger partial charge in [0, 0.05) is 93.5 Å². The Balaban J connectivity index is 0.834. The SMILES string of the molecule is CCc1nc(C(N)=O)c(Nc2ccc(N3CCC(N4CCN(C(=O)/C=C/c5ccc6c(c5)C(O)N(C5CCC(O)NC5O)C6O)CC4)CC3)c(OC)c2)nc1NC1CCOCC1. The Hall–Kier alpha value is -4.92. The summed E-state index contributed by atoms with van der Waals surface area (Å²) in [6, 6.07) is 11.2. The Labute approximate surface area is 361 Å². The summed E-state index contributed by atoms with van der Waals surface area (Å²) in [6.45, 7) is 7.84. The number of benzene rings is 2. The number of aryl methyl sites for hydroxylation is 1. The molecular formula is C44H60N10O8. The van der Waals surface area contributed by atoms with Gasteiger partial charge in [0.25, 0.3) is 5.91 Å². The Kier molecular flexibility index (Phi) is 13.6. The molecule has 9 N–H and O–H groups in total. The van der Waals surface area contributed by atoms with Crippen LogP contribution in [0.3, 0.4) is 0 Å². The minimum absolute atomic E-state index is 0.0786. The molecule has 3 aromatic rings. The minimum Gasteiger partial charge on any atom is -0.495 e. The van der Waals surface area contributed by atoms with Crippen molar-refractivity contribution in [1.29, 1.82) is 0 Å². The average molecular weight is 857 g/mol. The van der Waals surface area contributed by atoms with Crippen LogP contribution in [0.5, 0.6) is 5.75 Å². The fraction of sp³-hybridized carbons (Fsp3) is 0.545.